The zero-order valence-electron chi connectivity index (χ0n) is 8.20. The summed E-state index contributed by atoms with van der Waals surface area (Å²) in [6, 6.07) is 8.73. The number of benzene rings is 1. The van der Waals surface area contributed by atoms with Crippen molar-refractivity contribution >= 4 is 24.2 Å². The quantitative estimate of drug-likeness (QED) is 0.502. The van der Waals surface area contributed by atoms with E-state index in [9.17, 15) is 13.0 Å². The third-order valence-corrected chi connectivity index (χ3v) is 2.88. The standard InChI is InChI=1S/C9H9N2O3PS/c12-15-7-6-10-11-16(13,14)8-9-4-2-1-3-5-9/h1-6,11H,8H2. The Bertz CT molecular complexity index is 563. The number of sulfonamides is 1. The first-order valence-electron chi connectivity index (χ1n) is 4.27. The molecule has 16 heavy (non-hydrogen) atoms. The number of rotatable bonds is 4. The third kappa shape index (κ3) is 4.94. The summed E-state index contributed by atoms with van der Waals surface area (Å²) in [5.41, 5.74) is 2.85. The van der Waals surface area contributed by atoms with Gasteiger partial charge in [-0.1, -0.05) is 0 Å². The maximum absolute atomic E-state index is 11.4. The van der Waals surface area contributed by atoms with Crippen LogP contribution < -0.4 is 4.83 Å². The monoisotopic (exact) mass is 256 g/mol. The van der Waals surface area contributed by atoms with E-state index >= 15 is 0 Å². The Hall–Kier alpha value is -1.35. The third-order valence-electron chi connectivity index (χ3n) is 1.57. The van der Waals surface area contributed by atoms with Crippen molar-refractivity contribution in [1.29, 1.82) is 0 Å². The first kappa shape index (κ1) is 12.7. The number of hydrazone groups is 1. The van der Waals surface area contributed by atoms with Gasteiger partial charge in [0, 0.05) is 0 Å². The average Bonchev–Trinajstić information content (AvgIpc) is 2.25. The Balaban J connectivity index is 2.65. The molecule has 1 rings (SSSR count). The maximum atomic E-state index is 11.4. The minimum absolute atomic E-state index is 0.153. The zero-order chi connectivity index (χ0) is 11.9. The molecule has 0 atom stereocenters. The van der Waals surface area contributed by atoms with Crippen LogP contribution in [-0.4, -0.2) is 14.6 Å². The molecule has 0 fully saturated rings. The van der Waals surface area contributed by atoms with Crippen molar-refractivity contribution in [2.75, 3.05) is 0 Å². The van der Waals surface area contributed by atoms with E-state index in [4.69, 9.17) is 0 Å². The Morgan fingerprint density at radius 2 is 2.06 bits per heavy atom. The van der Waals surface area contributed by atoms with E-state index in [0.717, 1.165) is 6.21 Å². The molecule has 0 heterocycles. The van der Waals surface area contributed by atoms with Gasteiger partial charge in [-0.25, -0.2) is 0 Å². The molecule has 0 spiro atoms. The Morgan fingerprint density at radius 3 is 2.69 bits per heavy atom. The summed E-state index contributed by atoms with van der Waals surface area (Å²) in [4.78, 5) is 1.98. The van der Waals surface area contributed by atoms with Crippen LogP contribution >= 0.6 is 7.92 Å². The molecule has 0 radical (unpaired) electrons. The number of nitrogens with one attached hydrogen (secondary N) is 1. The van der Waals surface area contributed by atoms with Crippen molar-refractivity contribution in [1.82, 2.24) is 4.83 Å². The summed E-state index contributed by atoms with van der Waals surface area (Å²) >= 11 is 0. The molecule has 0 aliphatic carbocycles. The minimum atomic E-state index is -3.51. The van der Waals surface area contributed by atoms with Crippen LogP contribution in [0.2, 0.25) is 0 Å². The summed E-state index contributed by atoms with van der Waals surface area (Å²) < 4.78 is 32.8. The first-order valence-corrected chi connectivity index (χ1v) is 6.73. The molecule has 0 aliphatic rings. The molecule has 0 saturated carbocycles. The van der Waals surface area contributed by atoms with Gasteiger partial charge in [-0.15, -0.1) is 0 Å². The van der Waals surface area contributed by atoms with E-state index in [2.05, 4.69) is 10.7 Å². The number of hydrogen-bond donors (Lipinski definition) is 1. The van der Waals surface area contributed by atoms with Gasteiger partial charge in [-0.05, 0) is 0 Å². The zero-order valence-corrected chi connectivity index (χ0v) is 9.91. The first-order chi connectivity index (χ1) is 7.64. The van der Waals surface area contributed by atoms with E-state index < -0.39 is 10.0 Å². The molecule has 84 valence electrons. The topological polar surface area (TPSA) is 75.6 Å². The molecular formula is C9H9N2O3PS. The van der Waals surface area contributed by atoms with Crippen LogP contribution in [0.4, 0.5) is 0 Å². The van der Waals surface area contributed by atoms with Gasteiger partial charge in [0.1, 0.15) is 0 Å². The normalized spacial score (nSPS) is 11.0. The van der Waals surface area contributed by atoms with Crippen LogP contribution in [0, 0.1) is 5.63 Å². The van der Waals surface area contributed by atoms with E-state index in [1.165, 1.54) is 0 Å². The van der Waals surface area contributed by atoms with Crippen molar-refractivity contribution in [3.8, 4) is 5.63 Å². The second kappa shape index (κ2) is 6.28. The van der Waals surface area contributed by atoms with E-state index in [-0.39, 0.29) is 13.7 Å². The van der Waals surface area contributed by atoms with E-state index in [0.29, 0.717) is 5.56 Å². The van der Waals surface area contributed by atoms with Gasteiger partial charge in [0.2, 0.25) is 0 Å². The van der Waals surface area contributed by atoms with Crippen molar-refractivity contribution < 1.29 is 13.0 Å². The van der Waals surface area contributed by atoms with Gasteiger partial charge in [-0.2, -0.15) is 0 Å². The predicted octanol–water partition coefficient (Wildman–Crippen LogP) is 1.34. The number of hydrogen-bond acceptors (Lipinski definition) is 4. The SMILES string of the molecule is O=P#CC=NNS(=O)(=O)Cc1ccccc1. The van der Waals surface area contributed by atoms with E-state index in [1.807, 2.05) is 4.83 Å². The van der Waals surface area contributed by atoms with Crippen molar-refractivity contribution in [3.05, 3.63) is 35.9 Å². The summed E-state index contributed by atoms with van der Waals surface area (Å²) in [6.45, 7) is 0. The van der Waals surface area contributed by atoms with Crippen molar-refractivity contribution in [3.63, 3.8) is 0 Å². The Morgan fingerprint density at radius 1 is 1.38 bits per heavy atom. The van der Waals surface area contributed by atoms with E-state index in [1.54, 1.807) is 30.3 Å². The van der Waals surface area contributed by atoms with Gasteiger partial charge < -0.3 is 0 Å². The molecule has 1 N–H and O–H groups in total. The molecule has 1 aromatic rings. The van der Waals surface area contributed by atoms with Crippen LogP contribution in [-0.2, 0) is 20.3 Å². The van der Waals surface area contributed by atoms with Gasteiger partial charge in [-0.3, -0.25) is 0 Å². The molecule has 0 saturated heterocycles. The van der Waals surface area contributed by atoms with Gasteiger partial charge in [0.25, 0.3) is 0 Å². The Kier molecular flexibility index (Phi) is 4.99. The fraction of sp³-hybridized carbons (Fsp3) is 0.111. The summed E-state index contributed by atoms with van der Waals surface area (Å²) in [6.07, 6.45) is 0.997. The average molecular weight is 256 g/mol. The second-order valence-electron chi connectivity index (χ2n) is 2.81. The number of nitrogens with zero attached hydrogens (tertiary/aromatic N) is 1. The summed E-state index contributed by atoms with van der Waals surface area (Å²) in [7, 11) is -3.85. The van der Waals surface area contributed by atoms with Gasteiger partial charge in [0.05, 0.1) is 0 Å². The molecule has 5 nitrogen and oxygen atoms in total. The predicted molar refractivity (Wildman–Crippen MR) is 62.2 cm³/mol. The van der Waals surface area contributed by atoms with Gasteiger partial charge >= 0.3 is 94.3 Å². The molecular weight excluding hydrogens is 247 g/mol. The van der Waals surface area contributed by atoms with Crippen LogP contribution in [0.25, 0.3) is 0 Å². The molecule has 0 aliphatic heterocycles. The van der Waals surface area contributed by atoms with Crippen LogP contribution in [0.3, 0.4) is 0 Å². The molecule has 0 unspecified atom stereocenters. The molecule has 7 heteroatoms. The molecule has 0 amide bonds. The van der Waals surface area contributed by atoms with Crippen molar-refractivity contribution in [2.24, 2.45) is 5.10 Å². The fourth-order valence-corrected chi connectivity index (χ4v) is 2.00. The Labute approximate surface area is 94.7 Å². The summed E-state index contributed by atoms with van der Waals surface area (Å²) in [5, 5.41) is 3.35. The molecule has 0 bridgehead atoms. The van der Waals surface area contributed by atoms with Crippen LogP contribution in [0.1, 0.15) is 5.56 Å². The van der Waals surface area contributed by atoms with Crippen LogP contribution in [0.15, 0.2) is 35.4 Å². The fourth-order valence-electron chi connectivity index (χ4n) is 0.985. The molecule has 0 aromatic heterocycles. The van der Waals surface area contributed by atoms with Crippen molar-refractivity contribution in [2.45, 2.75) is 5.75 Å². The van der Waals surface area contributed by atoms with Gasteiger partial charge in [0.15, 0.2) is 0 Å². The summed E-state index contributed by atoms with van der Waals surface area (Å²) in [5.74, 6) is -0.153. The van der Waals surface area contributed by atoms with Crippen LogP contribution in [0.5, 0.6) is 0 Å². The molecule has 1 aromatic carbocycles. The second-order valence-corrected chi connectivity index (χ2v) is 4.96.